The van der Waals surface area contributed by atoms with E-state index in [1.165, 1.54) is 0 Å². The summed E-state index contributed by atoms with van der Waals surface area (Å²) in [5.74, 6) is 0. The molecule has 0 aliphatic carbocycles. The highest BCUT2D eigenvalue weighted by Gasteiger charge is 2.09. The standard InChI is InChI=1S/C9H12Cl2N2/c10-6-1-2-8(11)7(5-6)9(13)3-4-12/h1-2,5,9H,3-4,12-13H2/t9-/m0/s1. The first-order valence-corrected chi connectivity index (χ1v) is 4.81. The molecule has 1 rings (SSSR count). The third-order valence-electron chi connectivity index (χ3n) is 1.84. The highest BCUT2D eigenvalue weighted by Crippen LogP contribution is 2.26. The molecular weight excluding hydrogens is 207 g/mol. The van der Waals surface area contributed by atoms with Crippen molar-refractivity contribution in [3.05, 3.63) is 33.8 Å². The van der Waals surface area contributed by atoms with Crippen molar-refractivity contribution < 1.29 is 0 Å². The first-order valence-electron chi connectivity index (χ1n) is 4.05. The molecule has 1 aromatic carbocycles. The zero-order chi connectivity index (χ0) is 9.84. The molecule has 0 bridgehead atoms. The summed E-state index contributed by atoms with van der Waals surface area (Å²) in [5, 5.41) is 1.29. The van der Waals surface area contributed by atoms with Crippen molar-refractivity contribution in [2.45, 2.75) is 12.5 Å². The van der Waals surface area contributed by atoms with Crippen LogP contribution >= 0.6 is 23.2 Å². The average Bonchev–Trinajstić information content (AvgIpc) is 2.09. The van der Waals surface area contributed by atoms with E-state index in [1.54, 1.807) is 18.2 Å². The van der Waals surface area contributed by atoms with Crippen LogP contribution in [0.2, 0.25) is 10.0 Å². The molecule has 0 fully saturated rings. The lowest BCUT2D eigenvalue weighted by molar-refractivity contribution is 0.661. The molecule has 1 atom stereocenters. The van der Waals surface area contributed by atoms with Crippen LogP contribution < -0.4 is 11.5 Å². The molecule has 1 aromatic rings. The lowest BCUT2D eigenvalue weighted by atomic mass is 10.1. The monoisotopic (exact) mass is 218 g/mol. The topological polar surface area (TPSA) is 52.0 Å². The van der Waals surface area contributed by atoms with Crippen LogP contribution in [0.4, 0.5) is 0 Å². The quantitative estimate of drug-likeness (QED) is 0.819. The van der Waals surface area contributed by atoms with Crippen molar-refractivity contribution in [1.82, 2.24) is 0 Å². The Morgan fingerprint density at radius 1 is 1.31 bits per heavy atom. The second kappa shape index (κ2) is 4.82. The van der Waals surface area contributed by atoms with Gasteiger partial charge in [0.1, 0.15) is 0 Å². The molecule has 4 N–H and O–H groups in total. The Morgan fingerprint density at radius 3 is 2.62 bits per heavy atom. The first-order chi connectivity index (χ1) is 6.15. The number of rotatable bonds is 3. The number of benzene rings is 1. The van der Waals surface area contributed by atoms with Gasteiger partial charge in [-0.2, -0.15) is 0 Å². The molecule has 0 unspecified atom stereocenters. The Labute approximate surface area is 87.8 Å². The molecule has 72 valence electrons. The molecular formula is C9H12Cl2N2. The highest BCUT2D eigenvalue weighted by molar-refractivity contribution is 6.33. The summed E-state index contributed by atoms with van der Waals surface area (Å²) in [4.78, 5) is 0. The van der Waals surface area contributed by atoms with Crippen molar-refractivity contribution in [2.75, 3.05) is 6.54 Å². The summed E-state index contributed by atoms with van der Waals surface area (Å²) >= 11 is 11.8. The van der Waals surface area contributed by atoms with Gasteiger partial charge in [0.2, 0.25) is 0 Å². The van der Waals surface area contributed by atoms with Crippen molar-refractivity contribution in [2.24, 2.45) is 11.5 Å². The van der Waals surface area contributed by atoms with Crippen LogP contribution in [0, 0.1) is 0 Å². The largest absolute Gasteiger partial charge is 0.330 e. The fraction of sp³-hybridized carbons (Fsp3) is 0.333. The van der Waals surface area contributed by atoms with Gasteiger partial charge in [-0.3, -0.25) is 0 Å². The normalized spacial score (nSPS) is 12.9. The second-order valence-corrected chi connectivity index (χ2v) is 3.69. The van der Waals surface area contributed by atoms with Gasteiger partial charge in [0.25, 0.3) is 0 Å². The van der Waals surface area contributed by atoms with Gasteiger partial charge in [-0.15, -0.1) is 0 Å². The molecule has 0 aliphatic heterocycles. The van der Waals surface area contributed by atoms with E-state index in [-0.39, 0.29) is 6.04 Å². The van der Waals surface area contributed by atoms with Crippen LogP contribution in [0.15, 0.2) is 18.2 Å². The summed E-state index contributed by atoms with van der Waals surface area (Å²) in [5.41, 5.74) is 12.1. The Morgan fingerprint density at radius 2 is 2.00 bits per heavy atom. The minimum absolute atomic E-state index is 0.129. The summed E-state index contributed by atoms with van der Waals surface area (Å²) in [7, 11) is 0. The van der Waals surface area contributed by atoms with Gasteiger partial charge in [-0.1, -0.05) is 23.2 Å². The molecule has 0 saturated heterocycles. The molecule has 0 saturated carbocycles. The van der Waals surface area contributed by atoms with Gasteiger partial charge in [0.05, 0.1) is 0 Å². The van der Waals surface area contributed by atoms with E-state index >= 15 is 0 Å². The van der Waals surface area contributed by atoms with Crippen molar-refractivity contribution in [3.63, 3.8) is 0 Å². The number of hydrogen-bond acceptors (Lipinski definition) is 2. The summed E-state index contributed by atoms with van der Waals surface area (Å²) < 4.78 is 0. The molecule has 2 nitrogen and oxygen atoms in total. The average molecular weight is 219 g/mol. The lowest BCUT2D eigenvalue weighted by Crippen LogP contribution is -2.15. The summed E-state index contributed by atoms with van der Waals surface area (Å²) in [6.07, 6.45) is 0.708. The number of halogens is 2. The molecule has 0 heterocycles. The molecule has 0 aromatic heterocycles. The predicted molar refractivity (Wildman–Crippen MR) is 57.1 cm³/mol. The van der Waals surface area contributed by atoms with Crippen LogP contribution in [-0.4, -0.2) is 6.54 Å². The molecule has 0 aliphatic rings. The summed E-state index contributed by atoms with van der Waals surface area (Å²) in [6.45, 7) is 0.546. The molecule has 0 amide bonds. The maximum atomic E-state index is 5.95. The lowest BCUT2D eigenvalue weighted by Gasteiger charge is -2.12. The van der Waals surface area contributed by atoms with Crippen LogP contribution in [0.5, 0.6) is 0 Å². The van der Waals surface area contributed by atoms with E-state index < -0.39 is 0 Å². The van der Waals surface area contributed by atoms with Crippen LogP contribution in [0.1, 0.15) is 18.0 Å². The van der Waals surface area contributed by atoms with Crippen molar-refractivity contribution >= 4 is 23.2 Å². The van der Waals surface area contributed by atoms with E-state index in [0.717, 1.165) is 5.56 Å². The SMILES string of the molecule is NCC[C@H](N)c1cc(Cl)ccc1Cl. The van der Waals surface area contributed by atoms with E-state index in [0.29, 0.717) is 23.0 Å². The highest BCUT2D eigenvalue weighted by atomic mass is 35.5. The maximum absolute atomic E-state index is 5.95. The second-order valence-electron chi connectivity index (χ2n) is 2.85. The fourth-order valence-corrected chi connectivity index (χ4v) is 1.57. The van der Waals surface area contributed by atoms with Gasteiger partial charge >= 0.3 is 0 Å². The third-order valence-corrected chi connectivity index (χ3v) is 2.41. The number of nitrogens with two attached hydrogens (primary N) is 2. The van der Waals surface area contributed by atoms with Gasteiger partial charge in [-0.25, -0.2) is 0 Å². The molecule has 4 heteroatoms. The van der Waals surface area contributed by atoms with Gasteiger partial charge in [0, 0.05) is 16.1 Å². The van der Waals surface area contributed by atoms with Crippen molar-refractivity contribution in [3.8, 4) is 0 Å². The van der Waals surface area contributed by atoms with Crippen LogP contribution in [0.3, 0.4) is 0 Å². The van der Waals surface area contributed by atoms with E-state index in [1.807, 2.05) is 0 Å². The van der Waals surface area contributed by atoms with Crippen LogP contribution in [-0.2, 0) is 0 Å². The van der Waals surface area contributed by atoms with Crippen LogP contribution in [0.25, 0.3) is 0 Å². The fourth-order valence-electron chi connectivity index (χ4n) is 1.13. The van der Waals surface area contributed by atoms with Gasteiger partial charge < -0.3 is 11.5 Å². The Bertz CT molecular complexity index is 289. The van der Waals surface area contributed by atoms with Gasteiger partial charge in [0.15, 0.2) is 0 Å². The molecule has 0 spiro atoms. The Balaban J connectivity index is 2.91. The third kappa shape index (κ3) is 2.85. The maximum Gasteiger partial charge on any atom is 0.0454 e. The van der Waals surface area contributed by atoms with Gasteiger partial charge in [-0.05, 0) is 36.7 Å². The minimum atomic E-state index is -0.129. The zero-order valence-electron chi connectivity index (χ0n) is 7.13. The van der Waals surface area contributed by atoms with Crippen molar-refractivity contribution in [1.29, 1.82) is 0 Å². The van der Waals surface area contributed by atoms with E-state index in [2.05, 4.69) is 0 Å². The van der Waals surface area contributed by atoms with E-state index in [4.69, 9.17) is 34.7 Å². The van der Waals surface area contributed by atoms with E-state index in [9.17, 15) is 0 Å². The molecule has 0 radical (unpaired) electrons. The number of hydrogen-bond donors (Lipinski definition) is 2. The Kier molecular flexibility index (Phi) is 4.00. The zero-order valence-corrected chi connectivity index (χ0v) is 8.65. The predicted octanol–water partition coefficient (Wildman–Crippen LogP) is 2.34. The molecule has 13 heavy (non-hydrogen) atoms. The minimum Gasteiger partial charge on any atom is -0.330 e. The Hall–Kier alpha value is -0.280. The summed E-state index contributed by atoms with van der Waals surface area (Å²) in [6, 6.07) is 5.14. The smallest absolute Gasteiger partial charge is 0.0454 e. The first kappa shape index (κ1) is 10.8.